The van der Waals surface area contributed by atoms with E-state index in [4.69, 9.17) is 16.0 Å². The Morgan fingerprint density at radius 2 is 2.09 bits per heavy atom. The van der Waals surface area contributed by atoms with Crippen molar-refractivity contribution < 1.29 is 9.21 Å². The third-order valence-corrected chi connectivity index (χ3v) is 3.87. The second kappa shape index (κ2) is 6.55. The van der Waals surface area contributed by atoms with E-state index in [9.17, 15) is 4.79 Å². The molecule has 5 nitrogen and oxygen atoms in total. The molecule has 1 amide bonds. The second-order valence-electron chi connectivity index (χ2n) is 4.23. The molecule has 22 heavy (non-hydrogen) atoms. The number of carbonyl (C=O) groups excluding carboxylic acids is 1. The molecule has 0 aliphatic rings. The van der Waals surface area contributed by atoms with Crippen LogP contribution in [0, 0.1) is 0 Å². The van der Waals surface area contributed by atoms with E-state index in [-0.39, 0.29) is 17.8 Å². The van der Waals surface area contributed by atoms with Crippen LogP contribution in [0.15, 0.2) is 52.3 Å². The van der Waals surface area contributed by atoms with E-state index in [1.54, 1.807) is 35.6 Å². The smallest absolute Gasteiger partial charge is 0.322 e. The maximum atomic E-state index is 11.8. The lowest BCUT2D eigenvalue weighted by atomic mass is 10.2. The van der Waals surface area contributed by atoms with Crippen LogP contribution in [0.5, 0.6) is 0 Å². The van der Waals surface area contributed by atoms with Crippen LogP contribution in [0.3, 0.4) is 0 Å². The van der Waals surface area contributed by atoms with Gasteiger partial charge >= 0.3 is 6.01 Å². The highest BCUT2D eigenvalue weighted by atomic mass is 35.5. The molecule has 0 unspecified atom stereocenters. The van der Waals surface area contributed by atoms with Gasteiger partial charge in [0.2, 0.25) is 0 Å². The molecule has 0 radical (unpaired) electrons. The predicted molar refractivity (Wildman–Crippen MR) is 86.7 cm³/mol. The summed E-state index contributed by atoms with van der Waals surface area (Å²) in [7, 11) is 0. The monoisotopic (exact) mass is 331 g/mol. The minimum atomic E-state index is -0.345. The van der Waals surface area contributed by atoms with Gasteiger partial charge in [-0.3, -0.25) is 10.1 Å². The molecule has 0 saturated heterocycles. The van der Waals surface area contributed by atoms with Crippen molar-refractivity contribution in [2.24, 2.45) is 0 Å². The summed E-state index contributed by atoms with van der Waals surface area (Å²) in [4.78, 5) is 12.8. The number of rotatable bonds is 4. The fraction of sp³-hybridized carbons (Fsp3) is 0. The molecule has 7 heteroatoms. The van der Waals surface area contributed by atoms with Gasteiger partial charge in [0.25, 0.3) is 11.8 Å². The molecular weight excluding hydrogens is 322 g/mol. The summed E-state index contributed by atoms with van der Waals surface area (Å²) < 4.78 is 5.39. The van der Waals surface area contributed by atoms with E-state index >= 15 is 0 Å². The number of benzene rings is 1. The van der Waals surface area contributed by atoms with E-state index in [2.05, 4.69) is 15.5 Å². The number of halogens is 1. The van der Waals surface area contributed by atoms with Gasteiger partial charge in [-0.05, 0) is 29.7 Å². The van der Waals surface area contributed by atoms with Gasteiger partial charge in [0, 0.05) is 11.0 Å². The topological polar surface area (TPSA) is 68.0 Å². The van der Waals surface area contributed by atoms with Crippen molar-refractivity contribution in [3.63, 3.8) is 0 Å². The van der Waals surface area contributed by atoms with Crippen molar-refractivity contribution in [3.05, 3.63) is 57.8 Å². The lowest BCUT2D eigenvalue weighted by Crippen LogP contribution is -2.07. The largest absolute Gasteiger partial charge is 0.403 e. The van der Waals surface area contributed by atoms with Gasteiger partial charge in [0.05, 0.1) is 10.6 Å². The summed E-state index contributed by atoms with van der Waals surface area (Å²) in [6.07, 6.45) is 3.12. The maximum Gasteiger partial charge on any atom is 0.322 e. The summed E-state index contributed by atoms with van der Waals surface area (Å²) in [5.41, 5.74) is 0.617. The van der Waals surface area contributed by atoms with Crippen LogP contribution in [-0.4, -0.2) is 16.1 Å². The molecule has 110 valence electrons. The van der Waals surface area contributed by atoms with Gasteiger partial charge in [-0.1, -0.05) is 34.9 Å². The van der Waals surface area contributed by atoms with Crippen LogP contribution in [0.25, 0.3) is 17.5 Å². The minimum Gasteiger partial charge on any atom is -0.403 e. The van der Waals surface area contributed by atoms with Crippen molar-refractivity contribution in [1.29, 1.82) is 0 Å². The second-order valence-corrected chi connectivity index (χ2v) is 5.62. The number of thiophene rings is 1. The zero-order valence-electron chi connectivity index (χ0n) is 11.2. The van der Waals surface area contributed by atoms with Crippen LogP contribution in [-0.2, 0) is 4.79 Å². The summed E-state index contributed by atoms with van der Waals surface area (Å²) in [6, 6.07) is 11.0. The first-order valence-corrected chi connectivity index (χ1v) is 7.59. The molecule has 1 aromatic carbocycles. The molecule has 0 saturated carbocycles. The van der Waals surface area contributed by atoms with Gasteiger partial charge < -0.3 is 4.42 Å². The Labute approximate surface area is 135 Å². The number of amides is 1. The van der Waals surface area contributed by atoms with Crippen molar-refractivity contribution in [2.45, 2.75) is 0 Å². The molecule has 3 aromatic rings. The Balaban J connectivity index is 1.69. The molecule has 0 aliphatic heterocycles. The molecule has 3 rings (SSSR count). The lowest BCUT2D eigenvalue weighted by molar-refractivity contribution is -0.112. The van der Waals surface area contributed by atoms with E-state index in [0.29, 0.717) is 10.6 Å². The van der Waals surface area contributed by atoms with Crippen LogP contribution < -0.4 is 5.32 Å². The van der Waals surface area contributed by atoms with Crippen LogP contribution in [0.1, 0.15) is 4.88 Å². The maximum absolute atomic E-state index is 11.8. The number of nitrogens with zero attached hydrogens (tertiary/aromatic N) is 2. The number of aromatic nitrogens is 2. The molecule has 1 N–H and O–H groups in total. The highest BCUT2D eigenvalue weighted by Gasteiger charge is 2.12. The summed E-state index contributed by atoms with van der Waals surface area (Å²) in [5, 5.41) is 12.6. The normalized spacial score (nSPS) is 11.0. The van der Waals surface area contributed by atoms with Crippen molar-refractivity contribution in [3.8, 4) is 11.5 Å². The highest BCUT2D eigenvalue weighted by molar-refractivity contribution is 7.10. The molecular formula is C15H10ClN3O2S. The SMILES string of the molecule is O=C(/C=C/c1cccs1)Nc1nnc(-c2ccccc2Cl)o1. The van der Waals surface area contributed by atoms with Crippen LogP contribution in [0.2, 0.25) is 5.02 Å². The van der Waals surface area contributed by atoms with E-state index < -0.39 is 0 Å². The number of anilines is 1. The standard InChI is InChI=1S/C15H10ClN3O2S/c16-12-6-2-1-5-11(12)14-18-19-15(21-14)17-13(20)8-7-10-4-3-9-22-10/h1-9H,(H,17,19,20)/b8-7+. The summed E-state index contributed by atoms with van der Waals surface area (Å²) in [5.74, 6) is -0.0918. The zero-order chi connectivity index (χ0) is 15.4. The number of nitrogens with one attached hydrogen (secondary N) is 1. The zero-order valence-corrected chi connectivity index (χ0v) is 12.8. The fourth-order valence-corrected chi connectivity index (χ4v) is 2.54. The van der Waals surface area contributed by atoms with Crippen molar-refractivity contribution in [2.75, 3.05) is 5.32 Å². The Kier molecular flexibility index (Phi) is 4.32. The van der Waals surface area contributed by atoms with Gasteiger partial charge in [0.15, 0.2) is 0 Å². The number of carbonyl (C=O) groups is 1. The van der Waals surface area contributed by atoms with E-state index in [1.807, 2.05) is 23.6 Å². The van der Waals surface area contributed by atoms with Gasteiger partial charge in [-0.25, -0.2) is 0 Å². The molecule has 0 atom stereocenters. The molecule has 2 aromatic heterocycles. The number of hydrogen-bond acceptors (Lipinski definition) is 5. The Hall–Kier alpha value is -2.44. The quantitative estimate of drug-likeness (QED) is 0.731. The summed E-state index contributed by atoms with van der Waals surface area (Å²) >= 11 is 7.60. The first-order chi connectivity index (χ1) is 10.7. The van der Waals surface area contributed by atoms with E-state index in [1.165, 1.54) is 6.08 Å². The van der Waals surface area contributed by atoms with Crippen molar-refractivity contribution >= 4 is 40.9 Å². The fourth-order valence-electron chi connectivity index (χ4n) is 1.71. The Morgan fingerprint density at radius 1 is 1.23 bits per heavy atom. The van der Waals surface area contributed by atoms with Gasteiger partial charge in [-0.2, -0.15) is 0 Å². The van der Waals surface area contributed by atoms with Crippen LogP contribution >= 0.6 is 22.9 Å². The Morgan fingerprint density at radius 3 is 2.86 bits per heavy atom. The highest BCUT2D eigenvalue weighted by Crippen LogP contribution is 2.27. The first kappa shape index (κ1) is 14.5. The number of hydrogen-bond donors (Lipinski definition) is 1. The lowest BCUT2D eigenvalue weighted by Gasteiger charge is -1.97. The average Bonchev–Trinajstić information content (AvgIpc) is 3.17. The van der Waals surface area contributed by atoms with Gasteiger partial charge in [0.1, 0.15) is 0 Å². The molecule has 0 fully saturated rings. The van der Waals surface area contributed by atoms with Gasteiger partial charge in [-0.15, -0.1) is 16.4 Å². The first-order valence-electron chi connectivity index (χ1n) is 6.33. The molecule has 0 bridgehead atoms. The van der Waals surface area contributed by atoms with E-state index in [0.717, 1.165) is 4.88 Å². The summed E-state index contributed by atoms with van der Waals surface area (Å²) in [6.45, 7) is 0. The predicted octanol–water partition coefficient (Wildman–Crippen LogP) is 4.10. The Bertz CT molecular complexity index is 812. The molecule has 2 heterocycles. The third-order valence-electron chi connectivity index (χ3n) is 2.70. The van der Waals surface area contributed by atoms with Crippen molar-refractivity contribution in [1.82, 2.24) is 10.2 Å². The average molecular weight is 332 g/mol. The molecule has 0 spiro atoms. The third kappa shape index (κ3) is 3.41. The minimum absolute atomic E-state index is 0.0238. The molecule has 0 aliphatic carbocycles. The van der Waals surface area contributed by atoms with Crippen LogP contribution in [0.4, 0.5) is 6.01 Å².